The molecule has 0 unspecified atom stereocenters. The first-order chi connectivity index (χ1) is 9.09. The molecular weight excluding hydrogens is 246 g/mol. The number of anilines is 1. The average molecular weight is 259 g/mol. The maximum absolute atomic E-state index is 11.1. The quantitative estimate of drug-likeness (QED) is 0.571. The Bertz CT molecular complexity index is 619. The molecule has 0 aliphatic heterocycles. The Labute approximate surface area is 109 Å². The molecule has 0 aromatic carbocycles. The van der Waals surface area contributed by atoms with Crippen LogP contribution in [0.4, 0.5) is 5.82 Å². The van der Waals surface area contributed by atoms with Gasteiger partial charge in [-0.2, -0.15) is 5.10 Å². The Morgan fingerprint density at radius 2 is 2.26 bits per heavy atom. The van der Waals surface area contributed by atoms with Crippen molar-refractivity contribution in [3.05, 3.63) is 41.1 Å². The molecule has 0 saturated heterocycles. The zero-order valence-corrected chi connectivity index (χ0v) is 10.5. The summed E-state index contributed by atoms with van der Waals surface area (Å²) in [5, 5.41) is 13.0. The number of carboxylic acids is 1. The first kappa shape index (κ1) is 12.7. The molecule has 3 N–H and O–H groups in total. The molecule has 0 spiro atoms. The third-order valence-corrected chi connectivity index (χ3v) is 2.63. The summed E-state index contributed by atoms with van der Waals surface area (Å²) in [5.74, 6) is -0.439. The fourth-order valence-corrected chi connectivity index (χ4v) is 1.74. The van der Waals surface area contributed by atoms with Crippen LogP contribution in [0.15, 0.2) is 23.7 Å². The van der Waals surface area contributed by atoms with Gasteiger partial charge in [-0.15, -0.1) is 0 Å². The molecule has 2 aromatic heterocycles. The highest BCUT2D eigenvalue weighted by molar-refractivity contribution is 5.94. The zero-order chi connectivity index (χ0) is 13.8. The Balaban J connectivity index is 2.16. The number of carbonyl (C=O) groups is 1. The van der Waals surface area contributed by atoms with Crippen molar-refractivity contribution in [2.24, 2.45) is 5.10 Å². The zero-order valence-electron chi connectivity index (χ0n) is 10.5. The van der Waals surface area contributed by atoms with Crippen LogP contribution in [-0.4, -0.2) is 32.2 Å². The minimum atomic E-state index is -0.951. The van der Waals surface area contributed by atoms with Gasteiger partial charge in [-0.3, -0.25) is 10.4 Å². The lowest BCUT2D eigenvalue weighted by Crippen LogP contribution is -1.99. The highest BCUT2D eigenvalue weighted by atomic mass is 16.4. The number of carboxylic acid groups (broad SMARTS) is 1. The number of aromatic nitrogens is 3. The summed E-state index contributed by atoms with van der Waals surface area (Å²) in [6, 6.07) is 0. The summed E-state index contributed by atoms with van der Waals surface area (Å²) in [6.45, 7) is 3.44. The highest BCUT2D eigenvalue weighted by Crippen LogP contribution is 2.16. The Hall–Kier alpha value is -2.70. The summed E-state index contributed by atoms with van der Waals surface area (Å²) in [7, 11) is 0. The minimum absolute atomic E-state index is 0.279. The summed E-state index contributed by atoms with van der Waals surface area (Å²) in [4.78, 5) is 21.9. The van der Waals surface area contributed by atoms with Crippen LogP contribution in [-0.2, 0) is 0 Å². The minimum Gasteiger partial charge on any atom is -0.478 e. The van der Waals surface area contributed by atoms with Crippen molar-refractivity contribution >= 4 is 18.0 Å². The molecule has 7 nitrogen and oxygen atoms in total. The van der Waals surface area contributed by atoms with Crippen molar-refractivity contribution < 1.29 is 9.90 Å². The summed E-state index contributed by atoms with van der Waals surface area (Å²) in [5.41, 5.74) is 4.88. The van der Waals surface area contributed by atoms with Crippen molar-refractivity contribution in [1.82, 2.24) is 15.0 Å². The van der Waals surface area contributed by atoms with Crippen LogP contribution in [0.2, 0.25) is 0 Å². The Morgan fingerprint density at radius 1 is 1.47 bits per heavy atom. The molecule has 0 aliphatic carbocycles. The van der Waals surface area contributed by atoms with Gasteiger partial charge >= 0.3 is 5.97 Å². The molecule has 0 atom stereocenters. The van der Waals surface area contributed by atoms with Gasteiger partial charge in [0.15, 0.2) is 5.82 Å². The van der Waals surface area contributed by atoms with Crippen molar-refractivity contribution in [3.8, 4) is 0 Å². The third kappa shape index (κ3) is 2.76. The van der Waals surface area contributed by atoms with Crippen molar-refractivity contribution in [2.45, 2.75) is 13.8 Å². The lowest BCUT2D eigenvalue weighted by molar-refractivity contribution is 0.0695. The van der Waals surface area contributed by atoms with E-state index in [2.05, 4.69) is 25.5 Å². The van der Waals surface area contributed by atoms with Crippen molar-refractivity contribution in [1.29, 1.82) is 0 Å². The first-order valence-electron chi connectivity index (χ1n) is 5.57. The summed E-state index contributed by atoms with van der Waals surface area (Å²) < 4.78 is 0. The number of aromatic carboxylic acids is 1. The van der Waals surface area contributed by atoms with Gasteiger partial charge in [0.2, 0.25) is 0 Å². The van der Waals surface area contributed by atoms with E-state index in [1.807, 2.05) is 0 Å². The average Bonchev–Trinajstić information content (AvgIpc) is 2.66. The van der Waals surface area contributed by atoms with E-state index in [1.165, 1.54) is 12.4 Å². The molecule has 0 aliphatic rings. The fraction of sp³-hybridized carbons (Fsp3) is 0.167. The molecule has 0 fully saturated rings. The normalized spacial score (nSPS) is 10.8. The van der Waals surface area contributed by atoms with Gasteiger partial charge in [0.1, 0.15) is 0 Å². The monoisotopic (exact) mass is 259 g/mol. The van der Waals surface area contributed by atoms with Crippen LogP contribution >= 0.6 is 0 Å². The predicted molar refractivity (Wildman–Crippen MR) is 70.5 cm³/mol. The molecule has 19 heavy (non-hydrogen) atoms. The van der Waals surface area contributed by atoms with Crippen LogP contribution in [0.1, 0.15) is 27.3 Å². The lowest BCUT2D eigenvalue weighted by Gasteiger charge is -1.96. The van der Waals surface area contributed by atoms with E-state index in [0.29, 0.717) is 22.8 Å². The number of hydrogen-bond acceptors (Lipinski definition) is 5. The van der Waals surface area contributed by atoms with Gasteiger partial charge in [-0.1, -0.05) is 0 Å². The predicted octanol–water partition coefficient (Wildman–Crippen LogP) is 1.57. The number of H-pyrrole nitrogens is 1. The maximum atomic E-state index is 11.1. The lowest BCUT2D eigenvalue weighted by atomic mass is 10.1. The molecule has 2 rings (SSSR count). The maximum Gasteiger partial charge on any atom is 0.337 e. The first-order valence-corrected chi connectivity index (χ1v) is 5.57. The molecule has 0 amide bonds. The summed E-state index contributed by atoms with van der Waals surface area (Å²) in [6.07, 6.45) is 6.16. The van der Waals surface area contributed by atoms with Crippen LogP contribution in [0.3, 0.4) is 0 Å². The highest BCUT2D eigenvalue weighted by Gasteiger charge is 2.15. The van der Waals surface area contributed by atoms with Gasteiger partial charge in [-0.25, -0.2) is 9.78 Å². The molecule has 2 aromatic rings. The van der Waals surface area contributed by atoms with Gasteiger partial charge < -0.3 is 10.1 Å². The molecule has 2 heterocycles. The van der Waals surface area contributed by atoms with Crippen LogP contribution in [0, 0.1) is 13.8 Å². The van der Waals surface area contributed by atoms with E-state index in [1.54, 1.807) is 26.2 Å². The number of hydrazone groups is 1. The second-order valence-corrected chi connectivity index (χ2v) is 3.93. The van der Waals surface area contributed by atoms with E-state index in [0.717, 1.165) is 0 Å². The molecule has 0 saturated carbocycles. The molecule has 7 heteroatoms. The van der Waals surface area contributed by atoms with Gasteiger partial charge in [0.05, 0.1) is 23.7 Å². The standard InChI is InChI=1S/C12H13N5O2/c1-7-9(16-8(2)11(7)12(18)19)5-15-17-10-6-13-3-4-14-10/h3-6,16H,1-2H3,(H,14,17)(H,18,19)/b15-5-. The van der Waals surface area contributed by atoms with E-state index < -0.39 is 5.97 Å². The fourth-order valence-electron chi connectivity index (χ4n) is 1.74. The summed E-state index contributed by atoms with van der Waals surface area (Å²) >= 11 is 0. The third-order valence-electron chi connectivity index (χ3n) is 2.63. The largest absolute Gasteiger partial charge is 0.478 e. The van der Waals surface area contributed by atoms with E-state index in [-0.39, 0.29) is 5.56 Å². The second kappa shape index (κ2) is 5.30. The molecule has 0 bridgehead atoms. The van der Waals surface area contributed by atoms with Crippen LogP contribution in [0.25, 0.3) is 0 Å². The molecule has 0 radical (unpaired) electrons. The molecule has 98 valence electrons. The number of aryl methyl sites for hydroxylation is 1. The van der Waals surface area contributed by atoms with E-state index in [9.17, 15) is 4.79 Å². The van der Waals surface area contributed by atoms with Crippen LogP contribution in [0.5, 0.6) is 0 Å². The van der Waals surface area contributed by atoms with Crippen molar-refractivity contribution in [3.63, 3.8) is 0 Å². The second-order valence-electron chi connectivity index (χ2n) is 3.93. The number of nitrogens with one attached hydrogen (secondary N) is 2. The topological polar surface area (TPSA) is 103 Å². The van der Waals surface area contributed by atoms with Gasteiger partial charge in [0.25, 0.3) is 0 Å². The van der Waals surface area contributed by atoms with Gasteiger partial charge in [0, 0.05) is 18.1 Å². The molecular formula is C12H13N5O2. The van der Waals surface area contributed by atoms with E-state index >= 15 is 0 Å². The van der Waals surface area contributed by atoms with Gasteiger partial charge in [-0.05, 0) is 19.4 Å². The number of nitrogens with zero attached hydrogens (tertiary/aromatic N) is 3. The van der Waals surface area contributed by atoms with Crippen molar-refractivity contribution in [2.75, 3.05) is 5.43 Å². The van der Waals surface area contributed by atoms with E-state index in [4.69, 9.17) is 5.11 Å². The van der Waals surface area contributed by atoms with Crippen LogP contribution < -0.4 is 5.43 Å². The SMILES string of the molecule is Cc1[nH]c(/C=N\Nc2cnccn2)c(C)c1C(=O)O. The Kier molecular flexibility index (Phi) is 3.56. The number of rotatable bonds is 4. The number of aromatic amines is 1. The Morgan fingerprint density at radius 3 is 2.84 bits per heavy atom. The smallest absolute Gasteiger partial charge is 0.337 e. The number of hydrogen-bond donors (Lipinski definition) is 3.